The Kier molecular flexibility index (Phi) is 4.57. The smallest absolute Gasteiger partial charge is 0.353 e. The third-order valence-corrected chi connectivity index (χ3v) is 4.58. The number of nitrogens with zero attached hydrogens (tertiary/aromatic N) is 8. The monoisotopic (exact) mass is 390 g/mol. The van der Waals surface area contributed by atoms with E-state index in [4.69, 9.17) is 0 Å². The summed E-state index contributed by atoms with van der Waals surface area (Å²) in [4.78, 5) is 15.3. The Balaban J connectivity index is 1.42. The van der Waals surface area contributed by atoms with Crippen LogP contribution >= 0.6 is 0 Å². The van der Waals surface area contributed by atoms with Gasteiger partial charge in [0.1, 0.15) is 23.7 Å². The third-order valence-electron chi connectivity index (χ3n) is 4.58. The van der Waals surface area contributed by atoms with Crippen LogP contribution in [0.1, 0.15) is 11.5 Å². The predicted molar refractivity (Wildman–Crippen MR) is 95.4 cm³/mol. The summed E-state index contributed by atoms with van der Waals surface area (Å²) < 4.78 is 40.4. The molecular weight excluding hydrogens is 373 g/mol. The van der Waals surface area contributed by atoms with E-state index in [0.29, 0.717) is 32.0 Å². The van der Waals surface area contributed by atoms with Crippen molar-refractivity contribution in [3.63, 3.8) is 0 Å². The van der Waals surface area contributed by atoms with Crippen molar-refractivity contribution in [2.75, 3.05) is 36.0 Å². The summed E-state index contributed by atoms with van der Waals surface area (Å²) in [6.07, 6.45) is -0.0204. The quantitative estimate of drug-likeness (QED) is 0.678. The Morgan fingerprint density at radius 3 is 2.07 bits per heavy atom. The zero-order valence-corrected chi connectivity index (χ0v) is 15.0. The number of anilines is 2. The normalized spacial score (nSPS) is 15.1. The number of imidazole rings is 1. The van der Waals surface area contributed by atoms with Crippen LogP contribution in [0.25, 0.3) is 5.82 Å². The first-order valence-corrected chi connectivity index (χ1v) is 8.65. The van der Waals surface area contributed by atoms with Gasteiger partial charge in [-0.1, -0.05) is 0 Å². The largest absolute Gasteiger partial charge is 0.433 e. The highest BCUT2D eigenvalue weighted by atomic mass is 19.4. The van der Waals surface area contributed by atoms with Crippen LogP contribution in [-0.4, -0.2) is 55.9 Å². The molecule has 146 valence electrons. The van der Waals surface area contributed by atoms with Gasteiger partial charge in [0, 0.05) is 44.6 Å². The molecule has 0 bridgehead atoms. The van der Waals surface area contributed by atoms with Gasteiger partial charge in [-0.05, 0) is 19.1 Å². The van der Waals surface area contributed by atoms with Crippen LogP contribution < -0.4 is 9.80 Å². The van der Waals surface area contributed by atoms with Gasteiger partial charge in [0.15, 0.2) is 11.6 Å². The minimum absolute atomic E-state index is 0.277. The fraction of sp³-hybridized carbons (Fsp3) is 0.353. The molecule has 3 aromatic heterocycles. The zero-order chi connectivity index (χ0) is 19.7. The Morgan fingerprint density at radius 2 is 1.50 bits per heavy atom. The molecule has 28 heavy (non-hydrogen) atoms. The van der Waals surface area contributed by atoms with Crippen LogP contribution in [0.3, 0.4) is 0 Å². The zero-order valence-electron chi connectivity index (χ0n) is 15.0. The van der Waals surface area contributed by atoms with Gasteiger partial charge in [0.2, 0.25) is 0 Å². The van der Waals surface area contributed by atoms with E-state index in [0.717, 1.165) is 24.0 Å². The first kappa shape index (κ1) is 18.1. The molecule has 0 N–H and O–H groups in total. The van der Waals surface area contributed by atoms with Gasteiger partial charge in [0.05, 0.1) is 0 Å². The number of hydrogen-bond donors (Lipinski definition) is 0. The Morgan fingerprint density at radius 1 is 0.857 bits per heavy atom. The van der Waals surface area contributed by atoms with Gasteiger partial charge in [-0.15, -0.1) is 10.2 Å². The fourth-order valence-corrected chi connectivity index (χ4v) is 3.08. The molecule has 0 amide bonds. The van der Waals surface area contributed by atoms with Crippen molar-refractivity contribution >= 4 is 11.6 Å². The molecule has 1 fully saturated rings. The van der Waals surface area contributed by atoms with Crippen LogP contribution in [0.5, 0.6) is 0 Å². The van der Waals surface area contributed by atoms with E-state index in [1.165, 1.54) is 0 Å². The van der Waals surface area contributed by atoms with Crippen molar-refractivity contribution in [1.82, 2.24) is 29.7 Å². The lowest BCUT2D eigenvalue weighted by atomic mass is 10.3. The molecule has 0 spiro atoms. The Hall–Kier alpha value is -3.24. The van der Waals surface area contributed by atoms with E-state index in [1.54, 1.807) is 6.20 Å². The molecule has 11 heteroatoms. The van der Waals surface area contributed by atoms with Gasteiger partial charge in [-0.2, -0.15) is 13.2 Å². The second kappa shape index (κ2) is 7.06. The van der Waals surface area contributed by atoms with Crippen molar-refractivity contribution in [3.05, 3.63) is 48.4 Å². The Bertz CT molecular complexity index is 946. The van der Waals surface area contributed by atoms with Crippen LogP contribution in [-0.2, 0) is 6.18 Å². The second-order valence-corrected chi connectivity index (χ2v) is 6.33. The number of halogens is 3. The minimum Gasteiger partial charge on any atom is -0.353 e. The van der Waals surface area contributed by atoms with Gasteiger partial charge in [0.25, 0.3) is 0 Å². The van der Waals surface area contributed by atoms with E-state index < -0.39 is 11.9 Å². The van der Waals surface area contributed by atoms with Gasteiger partial charge in [-0.25, -0.2) is 15.0 Å². The van der Waals surface area contributed by atoms with Crippen molar-refractivity contribution in [2.24, 2.45) is 0 Å². The predicted octanol–water partition coefficient (Wildman–Crippen LogP) is 2.11. The SMILES string of the molecule is Cc1nccn1-c1ccc(N2CCN(c3cc(C(F)(F)F)ncn3)CC2)nn1. The fourth-order valence-electron chi connectivity index (χ4n) is 3.08. The molecule has 0 unspecified atom stereocenters. The molecular formula is C17H17F3N8. The summed E-state index contributed by atoms with van der Waals surface area (Å²) in [6, 6.07) is 4.73. The molecule has 1 aliphatic heterocycles. The molecule has 4 rings (SSSR count). The topological polar surface area (TPSA) is 75.9 Å². The maximum Gasteiger partial charge on any atom is 0.433 e. The summed E-state index contributed by atoms with van der Waals surface area (Å²) in [5.74, 6) is 2.50. The van der Waals surface area contributed by atoms with Gasteiger partial charge >= 0.3 is 6.18 Å². The highest BCUT2D eigenvalue weighted by Gasteiger charge is 2.33. The molecule has 1 aliphatic rings. The van der Waals surface area contributed by atoms with E-state index in [-0.39, 0.29) is 5.82 Å². The summed E-state index contributed by atoms with van der Waals surface area (Å²) in [5.41, 5.74) is -0.934. The maximum atomic E-state index is 12.8. The number of rotatable bonds is 3. The summed E-state index contributed by atoms with van der Waals surface area (Å²) >= 11 is 0. The lowest BCUT2D eigenvalue weighted by Gasteiger charge is -2.35. The second-order valence-electron chi connectivity index (χ2n) is 6.33. The molecule has 3 aromatic rings. The molecule has 4 heterocycles. The lowest BCUT2D eigenvalue weighted by Crippen LogP contribution is -2.47. The third kappa shape index (κ3) is 3.59. The molecule has 0 radical (unpaired) electrons. The van der Waals surface area contributed by atoms with E-state index in [2.05, 4.69) is 25.1 Å². The summed E-state index contributed by atoms with van der Waals surface area (Å²) in [7, 11) is 0. The number of piperazine rings is 1. The first-order valence-electron chi connectivity index (χ1n) is 8.65. The number of alkyl halides is 3. The van der Waals surface area contributed by atoms with Crippen LogP contribution in [0, 0.1) is 6.92 Å². The van der Waals surface area contributed by atoms with E-state index >= 15 is 0 Å². The minimum atomic E-state index is -4.48. The van der Waals surface area contributed by atoms with Gasteiger partial charge in [-0.3, -0.25) is 4.57 Å². The Labute approximate surface area is 158 Å². The van der Waals surface area contributed by atoms with Crippen molar-refractivity contribution in [2.45, 2.75) is 13.1 Å². The number of aromatic nitrogens is 6. The van der Waals surface area contributed by atoms with Crippen LogP contribution in [0.2, 0.25) is 0 Å². The average molecular weight is 390 g/mol. The van der Waals surface area contributed by atoms with Crippen molar-refractivity contribution in [1.29, 1.82) is 0 Å². The molecule has 0 saturated carbocycles. The van der Waals surface area contributed by atoms with Crippen molar-refractivity contribution < 1.29 is 13.2 Å². The molecule has 8 nitrogen and oxygen atoms in total. The average Bonchev–Trinajstić information content (AvgIpc) is 3.14. The standard InChI is InChI=1S/C17H17F3N8/c1-12-21-4-5-28(12)15-3-2-14(24-25-15)26-6-8-27(9-7-26)16-10-13(17(18,19)20)22-11-23-16/h2-5,10-11H,6-9H2,1H3. The van der Waals surface area contributed by atoms with Crippen LogP contribution in [0.15, 0.2) is 36.9 Å². The van der Waals surface area contributed by atoms with E-state index in [1.807, 2.05) is 39.6 Å². The summed E-state index contributed by atoms with van der Waals surface area (Å²) in [5, 5.41) is 8.52. The lowest BCUT2D eigenvalue weighted by molar-refractivity contribution is -0.141. The maximum absolute atomic E-state index is 12.8. The molecule has 0 aliphatic carbocycles. The van der Waals surface area contributed by atoms with Gasteiger partial charge < -0.3 is 9.80 Å². The molecule has 0 atom stereocenters. The first-order chi connectivity index (χ1) is 13.4. The molecule has 1 saturated heterocycles. The highest BCUT2D eigenvalue weighted by molar-refractivity contribution is 5.45. The molecule has 0 aromatic carbocycles. The number of aryl methyl sites for hydroxylation is 1. The highest BCUT2D eigenvalue weighted by Crippen LogP contribution is 2.29. The van der Waals surface area contributed by atoms with Crippen LogP contribution in [0.4, 0.5) is 24.8 Å². The van der Waals surface area contributed by atoms with Crippen molar-refractivity contribution in [3.8, 4) is 5.82 Å². The summed E-state index contributed by atoms with van der Waals surface area (Å²) in [6.45, 7) is 4.13. The number of hydrogen-bond acceptors (Lipinski definition) is 7. The van der Waals surface area contributed by atoms with E-state index in [9.17, 15) is 13.2 Å².